The zero-order chi connectivity index (χ0) is 23.1. The second-order valence-corrected chi connectivity index (χ2v) is 9.38. The molecule has 0 atom stereocenters. The van der Waals surface area contributed by atoms with Crippen LogP contribution in [0.4, 0.5) is 27.8 Å². The Bertz CT molecular complexity index is 1050. The Morgan fingerprint density at radius 2 is 2.00 bits per heavy atom. The van der Waals surface area contributed by atoms with Crippen molar-refractivity contribution in [2.24, 2.45) is 0 Å². The molecule has 1 aliphatic carbocycles. The van der Waals surface area contributed by atoms with Gasteiger partial charge >= 0.3 is 11.8 Å². The monoisotopic (exact) mass is 440 g/mol. The molecule has 3 heterocycles. The number of hydrogen-bond donors (Lipinski definition) is 1. The smallest absolute Gasteiger partial charge is 0.410 e. The Hall–Kier alpha value is -3.43. The number of pyridine rings is 2. The van der Waals surface area contributed by atoms with Crippen molar-refractivity contribution in [3.05, 3.63) is 46.3 Å². The van der Waals surface area contributed by atoms with Crippen molar-refractivity contribution in [3.63, 3.8) is 0 Å². The predicted molar refractivity (Wildman–Crippen MR) is 120 cm³/mol. The van der Waals surface area contributed by atoms with E-state index in [1.54, 1.807) is 24.4 Å². The van der Waals surface area contributed by atoms with Gasteiger partial charge in [-0.15, -0.1) is 0 Å². The number of hydrogen-bond acceptors (Lipinski definition) is 8. The third kappa shape index (κ3) is 4.58. The summed E-state index contributed by atoms with van der Waals surface area (Å²) in [4.78, 5) is 36.5. The Labute approximate surface area is 186 Å². The van der Waals surface area contributed by atoms with Crippen LogP contribution in [0.25, 0.3) is 0 Å². The van der Waals surface area contributed by atoms with Gasteiger partial charge in [-0.05, 0) is 58.7 Å². The molecular formula is C22H28N6O4. The van der Waals surface area contributed by atoms with Crippen molar-refractivity contribution in [1.82, 2.24) is 14.9 Å². The zero-order valence-electron chi connectivity index (χ0n) is 18.8. The molecule has 2 aromatic heterocycles. The molecule has 1 aliphatic heterocycles. The van der Waals surface area contributed by atoms with Crippen molar-refractivity contribution in [2.45, 2.75) is 51.7 Å². The molecule has 2 aliphatic rings. The molecule has 2 fully saturated rings. The first-order valence-electron chi connectivity index (χ1n) is 10.7. The maximum Gasteiger partial charge on any atom is 0.410 e. The van der Waals surface area contributed by atoms with Gasteiger partial charge in [-0.25, -0.2) is 9.78 Å². The van der Waals surface area contributed by atoms with Crippen molar-refractivity contribution in [1.29, 1.82) is 0 Å². The molecule has 1 saturated carbocycles. The molecule has 0 unspecified atom stereocenters. The summed E-state index contributed by atoms with van der Waals surface area (Å²) in [5.74, 6) is 0.816. The van der Waals surface area contributed by atoms with E-state index >= 15 is 0 Å². The first-order chi connectivity index (χ1) is 15.1. The topological polar surface area (TPSA) is 114 Å². The SMILES string of the molecule is Cc1cc(Nc2nc(N3CCN(C(=O)OC(C)(C)C)C4(CC4)C3)ccc2[N+](=O)[O-])ccn1. The number of carbonyl (C=O) groups excluding carboxylic acids is 1. The summed E-state index contributed by atoms with van der Waals surface area (Å²) >= 11 is 0. The summed E-state index contributed by atoms with van der Waals surface area (Å²) in [6.45, 7) is 9.13. The average molecular weight is 441 g/mol. The molecule has 0 bridgehead atoms. The van der Waals surface area contributed by atoms with Crippen molar-refractivity contribution < 1.29 is 14.5 Å². The van der Waals surface area contributed by atoms with Crippen LogP contribution in [0.5, 0.6) is 0 Å². The first kappa shape index (κ1) is 21.8. The number of aromatic nitrogens is 2. The number of nitrogens with zero attached hydrogens (tertiary/aromatic N) is 5. The Kier molecular flexibility index (Phi) is 5.39. The second kappa shape index (κ2) is 7.92. The summed E-state index contributed by atoms with van der Waals surface area (Å²) in [6.07, 6.45) is 3.15. The van der Waals surface area contributed by atoms with Crippen LogP contribution in [0.3, 0.4) is 0 Å². The number of piperazine rings is 1. The quantitative estimate of drug-likeness (QED) is 0.560. The Morgan fingerprint density at radius 1 is 1.25 bits per heavy atom. The van der Waals surface area contributed by atoms with E-state index in [4.69, 9.17) is 4.74 Å². The first-order valence-corrected chi connectivity index (χ1v) is 10.7. The lowest BCUT2D eigenvalue weighted by Crippen LogP contribution is -2.58. The lowest BCUT2D eigenvalue weighted by atomic mass is 10.1. The zero-order valence-corrected chi connectivity index (χ0v) is 18.8. The third-order valence-electron chi connectivity index (χ3n) is 5.63. The van der Waals surface area contributed by atoms with Crippen LogP contribution in [0, 0.1) is 17.0 Å². The molecule has 10 heteroatoms. The molecule has 1 saturated heterocycles. The molecule has 1 spiro atoms. The van der Waals surface area contributed by atoms with Crippen LogP contribution in [-0.2, 0) is 4.74 Å². The van der Waals surface area contributed by atoms with E-state index in [-0.39, 0.29) is 23.1 Å². The van der Waals surface area contributed by atoms with Crippen LogP contribution in [-0.4, -0.2) is 56.7 Å². The normalized spacial score (nSPS) is 17.2. The van der Waals surface area contributed by atoms with Gasteiger partial charge in [0.2, 0.25) is 5.82 Å². The number of nitrogens with one attached hydrogen (secondary N) is 1. The van der Waals surface area contributed by atoms with Gasteiger partial charge in [-0.1, -0.05) is 0 Å². The number of rotatable bonds is 4. The molecule has 10 nitrogen and oxygen atoms in total. The fourth-order valence-electron chi connectivity index (χ4n) is 3.96. The van der Waals surface area contributed by atoms with Crippen molar-refractivity contribution in [2.75, 3.05) is 29.9 Å². The van der Waals surface area contributed by atoms with Gasteiger partial charge in [0.15, 0.2) is 0 Å². The number of aryl methyl sites for hydroxylation is 1. The maximum absolute atomic E-state index is 12.7. The molecule has 32 heavy (non-hydrogen) atoms. The maximum atomic E-state index is 12.7. The summed E-state index contributed by atoms with van der Waals surface area (Å²) in [7, 11) is 0. The van der Waals surface area contributed by atoms with E-state index in [9.17, 15) is 14.9 Å². The van der Waals surface area contributed by atoms with Gasteiger partial charge < -0.3 is 15.0 Å². The van der Waals surface area contributed by atoms with E-state index in [0.29, 0.717) is 31.1 Å². The van der Waals surface area contributed by atoms with Gasteiger partial charge in [-0.3, -0.25) is 20.0 Å². The summed E-state index contributed by atoms with van der Waals surface area (Å²) in [5, 5.41) is 14.6. The highest BCUT2D eigenvalue weighted by Gasteiger charge is 2.54. The highest BCUT2D eigenvalue weighted by atomic mass is 16.6. The second-order valence-electron chi connectivity index (χ2n) is 9.38. The van der Waals surface area contributed by atoms with Crippen LogP contribution in [0.15, 0.2) is 30.5 Å². The molecule has 0 radical (unpaired) electrons. The standard InChI is InChI=1S/C22H28N6O4/c1-15-13-16(7-10-23-15)24-19-17(28(30)31)5-6-18(25-19)26-11-12-27(22(14-26)8-9-22)20(29)32-21(2,3)4/h5-7,10,13H,8-9,11-12,14H2,1-4H3,(H,23,24,25). The summed E-state index contributed by atoms with van der Waals surface area (Å²) < 4.78 is 5.59. The van der Waals surface area contributed by atoms with Gasteiger partial charge in [0.25, 0.3) is 0 Å². The lowest BCUT2D eigenvalue weighted by molar-refractivity contribution is -0.384. The molecule has 1 N–H and O–H groups in total. The van der Waals surface area contributed by atoms with Crippen molar-refractivity contribution in [3.8, 4) is 0 Å². The number of carbonyl (C=O) groups is 1. The fourth-order valence-corrected chi connectivity index (χ4v) is 3.96. The molecule has 1 amide bonds. The van der Waals surface area contributed by atoms with E-state index in [1.165, 1.54) is 6.07 Å². The van der Waals surface area contributed by atoms with E-state index in [1.807, 2.05) is 32.6 Å². The third-order valence-corrected chi connectivity index (χ3v) is 5.63. The fraction of sp³-hybridized carbons (Fsp3) is 0.500. The molecule has 4 rings (SSSR count). The van der Waals surface area contributed by atoms with Gasteiger partial charge in [0, 0.05) is 43.3 Å². The van der Waals surface area contributed by atoms with Crippen LogP contribution in [0.2, 0.25) is 0 Å². The molecular weight excluding hydrogens is 412 g/mol. The van der Waals surface area contributed by atoms with Gasteiger partial charge in [0.05, 0.1) is 10.5 Å². The summed E-state index contributed by atoms with van der Waals surface area (Å²) in [5.41, 5.74) is 0.564. The van der Waals surface area contributed by atoms with Gasteiger partial charge in [-0.2, -0.15) is 0 Å². The van der Waals surface area contributed by atoms with Gasteiger partial charge in [0.1, 0.15) is 11.4 Å². The minimum absolute atomic E-state index is 0.100. The number of amides is 1. The van der Waals surface area contributed by atoms with Crippen LogP contribution in [0.1, 0.15) is 39.3 Å². The molecule has 170 valence electrons. The summed E-state index contributed by atoms with van der Waals surface area (Å²) in [6, 6.07) is 6.68. The van der Waals surface area contributed by atoms with Crippen LogP contribution < -0.4 is 10.2 Å². The minimum atomic E-state index is -0.546. The van der Waals surface area contributed by atoms with Crippen molar-refractivity contribution >= 4 is 29.1 Å². The molecule has 0 aromatic carbocycles. The Balaban J connectivity index is 1.56. The number of ether oxygens (including phenoxy) is 1. The highest BCUT2D eigenvalue weighted by molar-refractivity contribution is 5.71. The molecule has 2 aromatic rings. The van der Waals surface area contributed by atoms with Crippen LogP contribution >= 0.6 is 0 Å². The van der Waals surface area contributed by atoms with E-state index in [0.717, 1.165) is 18.5 Å². The lowest BCUT2D eigenvalue weighted by Gasteiger charge is -2.42. The largest absolute Gasteiger partial charge is 0.444 e. The minimum Gasteiger partial charge on any atom is -0.444 e. The average Bonchev–Trinajstić information content (AvgIpc) is 3.45. The van der Waals surface area contributed by atoms with E-state index in [2.05, 4.69) is 20.2 Å². The number of anilines is 3. The predicted octanol–water partition coefficient (Wildman–Crippen LogP) is 4.03. The highest BCUT2D eigenvalue weighted by Crippen LogP contribution is 2.45. The Morgan fingerprint density at radius 3 is 2.62 bits per heavy atom. The number of nitro groups is 1. The van der Waals surface area contributed by atoms with E-state index < -0.39 is 10.5 Å².